The summed E-state index contributed by atoms with van der Waals surface area (Å²) in [7, 11) is 0. The molecule has 3 rings (SSSR count). The maximum atomic E-state index is 12.0. The first-order chi connectivity index (χ1) is 9.24. The molecule has 1 saturated heterocycles. The van der Waals surface area contributed by atoms with Crippen LogP contribution in [-0.4, -0.2) is 34.9 Å². The number of benzene rings is 1. The summed E-state index contributed by atoms with van der Waals surface area (Å²) < 4.78 is 0. The molecule has 1 aliphatic heterocycles. The molecule has 0 radical (unpaired) electrons. The lowest BCUT2D eigenvalue weighted by Gasteiger charge is -2.18. The summed E-state index contributed by atoms with van der Waals surface area (Å²) in [6.45, 7) is 0.185. The van der Waals surface area contributed by atoms with E-state index >= 15 is 0 Å². The number of amides is 2. The molecule has 100 valence electrons. The van der Waals surface area contributed by atoms with E-state index in [1.165, 1.54) is 11.1 Å². The molecule has 0 unspecified atom stereocenters. The Morgan fingerprint density at radius 3 is 3.05 bits per heavy atom. The molecule has 0 spiro atoms. The number of fused-ring (bicyclic) bond motifs is 1. The van der Waals surface area contributed by atoms with E-state index in [0.29, 0.717) is 11.6 Å². The number of carbonyl (C=O) groups excluding carboxylic acids is 2. The van der Waals surface area contributed by atoms with Crippen molar-refractivity contribution >= 4 is 23.6 Å². The maximum Gasteiger partial charge on any atom is 0.240 e. The molecular weight excluding hydrogens is 260 g/mol. The van der Waals surface area contributed by atoms with Crippen molar-refractivity contribution in [1.29, 1.82) is 0 Å². The van der Waals surface area contributed by atoms with Gasteiger partial charge in [0.2, 0.25) is 11.8 Å². The molecule has 1 atom stereocenters. The first kappa shape index (κ1) is 12.5. The number of rotatable bonds is 3. The molecule has 1 N–H and O–H groups in total. The van der Waals surface area contributed by atoms with Crippen LogP contribution in [0, 0.1) is 0 Å². The number of hydrogen-bond donors (Lipinski definition) is 1. The summed E-state index contributed by atoms with van der Waals surface area (Å²) >= 11 is 1.56. The highest BCUT2D eigenvalue weighted by Gasteiger charge is 2.26. The summed E-state index contributed by atoms with van der Waals surface area (Å²) in [5, 5.41) is 3.04. The second-order valence-electron chi connectivity index (χ2n) is 4.93. The van der Waals surface area contributed by atoms with Gasteiger partial charge in [-0.15, -0.1) is 11.8 Å². The van der Waals surface area contributed by atoms with E-state index in [1.807, 2.05) is 12.1 Å². The van der Waals surface area contributed by atoms with Crippen LogP contribution in [-0.2, 0) is 16.0 Å². The minimum Gasteiger partial charge on any atom is -0.348 e. The predicted octanol–water partition coefficient (Wildman–Crippen LogP) is 1.32. The molecule has 2 amide bonds. The largest absolute Gasteiger partial charge is 0.348 e. The molecule has 19 heavy (non-hydrogen) atoms. The lowest BCUT2D eigenvalue weighted by molar-refractivity contribution is -0.132. The molecule has 0 bridgehead atoms. The van der Waals surface area contributed by atoms with Gasteiger partial charge in [0, 0.05) is 0 Å². The Morgan fingerprint density at radius 2 is 2.26 bits per heavy atom. The normalized spacial score (nSPS) is 21.6. The van der Waals surface area contributed by atoms with Gasteiger partial charge in [-0.3, -0.25) is 9.59 Å². The van der Waals surface area contributed by atoms with Crippen molar-refractivity contribution in [3.8, 4) is 0 Å². The molecule has 4 nitrogen and oxygen atoms in total. The van der Waals surface area contributed by atoms with Crippen LogP contribution in [0.1, 0.15) is 23.6 Å². The Morgan fingerprint density at radius 1 is 1.42 bits per heavy atom. The average Bonchev–Trinajstić information content (AvgIpc) is 2.98. The van der Waals surface area contributed by atoms with Gasteiger partial charge < -0.3 is 10.2 Å². The zero-order valence-corrected chi connectivity index (χ0v) is 11.4. The average molecular weight is 276 g/mol. The highest BCUT2D eigenvalue weighted by Crippen LogP contribution is 2.30. The minimum atomic E-state index is -0.0578. The highest BCUT2D eigenvalue weighted by atomic mass is 32.2. The molecule has 0 saturated carbocycles. The summed E-state index contributed by atoms with van der Waals surface area (Å²) in [5.74, 6) is 1.14. The molecule has 1 aromatic carbocycles. The van der Waals surface area contributed by atoms with Crippen LogP contribution in [0.2, 0.25) is 0 Å². The second kappa shape index (κ2) is 5.25. The van der Waals surface area contributed by atoms with Crippen molar-refractivity contribution in [1.82, 2.24) is 10.2 Å². The molecule has 1 aliphatic carbocycles. The van der Waals surface area contributed by atoms with Gasteiger partial charge in [0.15, 0.2) is 0 Å². The molecule has 0 aromatic heterocycles. The molecule has 1 aromatic rings. The first-order valence-corrected chi connectivity index (χ1v) is 7.62. The number of carbonyl (C=O) groups is 2. The lowest BCUT2D eigenvalue weighted by atomic mass is 10.1. The van der Waals surface area contributed by atoms with E-state index in [0.717, 1.165) is 12.8 Å². The van der Waals surface area contributed by atoms with Crippen LogP contribution in [0.3, 0.4) is 0 Å². The molecule has 1 fully saturated rings. The van der Waals surface area contributed by atoms with Gasteiger partial charge in [-0.05, 0) is 24.0 Å². The third kappa shape index (κ3) is 2.61. The van der Waals surface area contributed by atoms with E-state index in [2.05, 4.69) is 17.4 Å². The van der Waals surface area contributed by atoms with Crippen LogP contribution in [0.4, 0.5) is 0 Å². The third-order valence-corrected chi connectivity index (χ3v) is 4.57. The molecule has 5 heteroatoms. The van der Waals surface area contributed by atoms with E-state index < -0.39 is 0 Å². The van der Waals surface area contributed by atoms with Crippen molar-refractivity contribution in [2.75, 3.05) is 18.2 Å². The fourth-order valence-electron chi connectivity index (χ4n) is 2.66. The summed E-state index contributed by atoms with van der Waals surface area (Å²) in [6.07, 6.45) is 1.97. The zero-order valence-electron chi connectivity index (χ0n) is 10.6. The van der Waals surface area contributed by atoms with E-state index in [9.17, 15) is 9.59 Å². The molecule has 2 aliphatic rings. The van der Waals surface area contributed by atoms with Gasteiger partial charge >= 0.3 is 0 Å². The number of nitrogens with zero attached hydrogens (tertiary/aromatic N) is 1. The Labute approximate surface area is 116 Å². The number of aryl methyl sites for hydroxylation is 1. The van der Waals surface area contributed by atoms with Crippen LogP contribution >= 0.6 is 11.8 Å². The van der Waals surface area contributed by atoms with Gasteiger partial charge in [-0.2, -0.15) is 0 Å². The van der Waals surface area contributed by atoms with Gasteiger partial charge in [-0.1, -0.05) is 24.3 Å². The summed E-state index contributed by atoms with van der Waals surface area (Å²) in [5.41, 5.74) is 2.54. The molecule has 1 heterocycles. The third-order valence-electron chi connectivity index (χ3n) is 3.63. The van der Waals surface area contributed by atoms with Crippen molar-refractivity contribution in [2.45, 2.75) is 18.9 Å². The summed E-state index contributed by atoms with van der Waals surface area (Å²) in [4.78, 5) is 25.1. The van der Waals surface area contributed by atoms with Crippen molar-refractivity contribution in [3.63, 3.8) is 0 Å². The monoisotopic (exact) mass is 276 g/mol. The van der Waals surface area contributed by atoms with Crippen molar-refractivity contribution in [3.05, 3.63) is 35.4 Å². The maximum absolute atomic E-state index is 12.0. The van der Waals surface area contributed by atoms with Crippen LogP contribution in [0.25, 0.3) is 0 Å². The van der Waals surface area contributed by atoms with Gasteiger partial charge in [0.1, 0.15) is 6.54 Å². The number of thioether (sulfide) groups is 1. The SMILES string of the molecule is O=C(CN1CSCC1=O)N[C@H]1CCc2ccccc21. The second-order valence-corrected chi connectivity index (χ2v) is 5.88. The number of hydrogen-bond acceptors (Lipinski definition) is 3. The fraction of sp³-hybridized carbons (Fsp3) is 0.429. The smallest absolute Gasteiger partial charge is 0.240 e. The Hall–Kier alpha value is -1.49. The zero-order chi connectivity index (χ0) is 13.2. The Balaban J connectivity index is 1.60. The Kier molecular flexibility index (Phi) is 3.46. The molecular formula is C14H16N2O2S. The van der Waals surface area contributed by atoms with Gasteiger partial charge in [-0.25, -0.2) is 0 Å². The van der Waals surface area contributed by atoms with Crippen LogP contribution < -0.4 is 5.32 Å². The quantitative estimate of drug-likeness (QED) is 0.906. The minimum absolute atomic E-state index is 0.0578. The van der Waals surface area contributed by atoms with Crippen molar-refractivity contribution in [2.24, 2.45) is 0 Å². The van der Waals surface area contributed by atoms with Gasteiger partial charge in [0.05, 0.1) is 17.7 Å². The van der Waals surface area contributed by atoms with Crippen LogP contribution in [0.5, 0.6) is 0 Å². The van der Waals surface area contributed by atoms with Crippen LogP contribution in [0.15, 0.2) is 24.3 Å². The fourth-order valence-corrected chi connectivity index (χ4v) is 3.56. The van der Waals surface area contributed by atoms with E-state index in [4.69, 9.17) is 0 Å². The topological polar surface area (TPSA) is 49.4 Å². The highest BCUT2D eigenvalue weighted by molar-refractivity contribution is 8.00. The first-order valence-electron chi connectivity index (χ1n) is 6.47. The number of nitrogens with one attached hydrogen (secondary N) is 1. The van der Waals surface area contributed by atoms with E-state index in [1.54, 1.807) is 16.7 Å². The predicted molar refractivity (Wildman–Crippen MR) is 74.7 cm³/mol. The Bertz CT molecular complexity index is 518. The van der Waals surface area contributed by atoms with Crippen molar-refractivity contribution < 1.29 is 9.59 Å². The standard InChI is InChI=1S/C14H16N2O2S/c17-13(7-16-9-19-8-14(16)18)15-12-6-5-10-3-1-2-4-11(10)12/h1-4,12H,5-9H2,(H,15,17)/t12-/m0/s1. The lowest BCUT2D eigenvalue weighted by Crippen LogP contribution is -2.39. The van der Waals surface area contributed by atoms with E-state index in [-0.39, 0.29) is 24.4 Å². The van der Waals surface area contributed by atoms with Gasteiger partial charge in [0.25, 0.3) is 0 Å². The summed E-state index contributed by atoms with van der Waals surface area (Å²) in [6, 6.07) is 8.33.